The molecule has 0 fully saturated rings. The van der Waals surface area contributed by atoms with E-state index in [4.69, 9.17) is 4.74 Å². The first kappa shape index (κ1) is 21.2. The second-order valence-electron chi connectivity index (χ2n) is 6.98. The van der Waals surface area contributed by atoms with Crippen LogP contribution in [-0.2, 0) is 11.2 Å². The predicted octanol–water partition coefficient (Wildman–Crippen LogP) is 5.64. The molecule has 1 aliphatic rings. The Balaban J connectivity index is 1.76. The Hall–Kier alpha value is -3.05. The topological polar surface area (TPSA) is 54.6 Å². The monoisotopic (exact) mass is 488 g/mol. The number of carbonyl (C=O) groups excluding carboxylic acids is 1. The van der Waals surface area contributed by atoms with E-state index in [-0.39, 0.29) is 12.4 Å². The molecule has 0 saturated carbocycles. The zero-order valence-corrected chi connectivity index (χ0v) is 18.2. The van der Waals surface area contributed by atoms with Gasteiger partial charge in [0.05, 0.1) is 0 Å². The minimum Gasteiger partial charge on any atom is -0.436 e. The molecule has 1 aromatic heterocycles. The van der Waals surface area contributed by atoms with Crippen LogP contribution in [0.3, 0.4) is 0 Å². The fourth-order valence-electron chi connectivity index (χ4n) is 3.90. The molecule has 4 rings (SSSR count). The number of carbonyl (C=O) groups is 1. The van der Waals surface area contributed by atoms with E-state index in [1.807, 2.05) is 18.2 Å². The van der Waals surface area contributed by atoms with E-state index in [9.17, 15) is 13.6 Å². The Bertz CT molecular complexity index is 1170. The Morgan fingerprint density at radius 1 is 1.29 bits per heavy atom. The molecule has 8 heteroatoms. The second kappa shape index (κ2) is 8.98. The summed E-state index contributed by atoms with van der Waals surface area (Å²) in [6.45, 7) is -0.763. The average Bonchev–Trinajstić information content (AvgIpc) is 3.11. The molecule has 0 aliphatic carbocycles. The van der Waals surface area contributed by atoms with Gasteiger partial charge in [0.15, 0.2) is 6.61 Å². The van der Waals surface area contributed by atoms with Crippen molar-refractivity contribution in [3.8, 4) is 17.6 Å². The number of benzene rings is 2. The zero-order valence-electron chi connectivity index (χ0n) is 16.6. The summed E-state index contributed by atoms with van der Waals surface area (Å²) in [6.07, 6.45) is 0.181. The first-order chi connectivity index (χ1) is 15.0. The summed E-state index contributed by atoms with van der Waals surface area (Å²) in [4.78, 5) is 17.9. The van der Waals surface area contributed by atoms with Crippen molar-refractivity contribution in [1.29, 1.82) is 0 Å². The molecule has 31 heavy (non-hydrogen) atoms. The lowest BCUT2D eigenvalue weighted by molar-refractivity contribution is -0.0498. The first-order valence-corrected chi connectivity index (χ1v) is 10.4. The van der Waals surface area contributed by atoms with Crippen molar-refractivity contribution in [3.63, 3.8) is 0 Å². The standard InChI is InChI=1S/C23H19BrF2N2O3/c1-2-3-12-30-23(29)28-11-10-18-17-9-6-15(24)13-19(17)27-20(18)21(28)14-4-7-16(8-5-14)31-22(25)26/h4-9,13,21-22,27H,10-12H2,1H3. The molecule has 0 radical (unpaired) electrons. The van der Waals surface area contributed by atoms with Crippen LogP contribution in [0, 0.1) is 11.8 Å². The number of fused-ring (bicyclic) bond motifs is 3. The highest BCUT2D eigenvalue weighted by molar-refractivity contribution is 9.10. The lowest BCUT2D eigenvalue weighted by atomic mass is 9.92. The molecule has 160 valence electrons. The number of aromatic amines is 1. The maximum atomic E-state index is 12.8. The van der Waals surface area contributed by atoms with Crippen LogP contribution in [0.2, 0.25) is 0 Å². The SMILES string of the molecule is CC#CCOC(=O)N1CCc2c([nH]c3cc(Br)ccc23)C1c1ccc(OC(F)F)cc1. The molecule has 1 amide bonds. The number of rotatable bonds is 4. The van der Waals surface area contributed by atoms with Gasteiger partial charge >= 0.3 is 12.7 Å². The number of ether oxygens (including phenoxy) is 2. The van der Waals surface area contributed by atoms with E-state index in [2.05, 4.69) is 37.5 Å². The van der Waals surface area contributed by atoms with Crippen molar-refractivity contribution in [2.75, 3.05) is 13.2 Å². The Kier molecular flexibility index (Phi) is 6.14. The fraction of sp³-hybridized carbons (Fsp3) is 0.261. The lowest BCUT2D eigenvalue weighted by Gasteiger charge is -2.35. The lowest BCUT2D eigenvalue weighted by Crippen LogP contribution is -2.41. The number of H-pyrrole nitrogens is 1. The Morgan fingerprint density at radius 2 is 2.06 bits per heavy atom. The minimum absolute atomic E-state index is 0.00618. The van der Waals surface area contributed by atoms with Crippen molar-refractivity contribution in [3.05, 3.63) is 63.8 Å². The van der Waals surface area contributed by atoms with Crippen LogP contribution >= 0.6 is 15.9 Å². The van der Waals surface area contributed by atoms with Crippen molar-refractivity contribution in [2.24, 2.45) is 0 Å². The highest BCUT2D eigenvalue weighted by atomic mass is 79.9. The van der Waals surface area contributed by atoms with Crippen molar-refractivity contribution >= 4 is 32.9 Å². The summed E-state index contributed by atoms with van der Waals surface area (Å²) in [5.41, 5.74) is 3.71. The van der Waals surface area contributed by atoms with E-state index < -0.39 is 18.7 Å². The van der Waals surface area contributed by atoms with E-state index in [1.54, 1.807) is 24.0 Å². The van der Waals surface area contributed by atoms with E-state index in [0.717, 1.165) is 32.2 Å². The summed E-state index contributed by atoms with van der Waals surface area (Å²) in [6, 6.07) is 11.9. The minimum atomic E-state index is -2.90. The summed E-state index contributed by atoms with van der Waals surface area (Å²) in [5, 5.41) is 1.09. The molecule has 1 N–H and O–H groups in total. The van der Waals surface area contributed by atoms with Gasteiger partial charge in [0.2, 0.25) is 0 Å². The third-order valence-corrected chi connectivity index (χ3v) is 5.68. The highest BCUT2D eigenvalue weighted by Gasteiger charge is 2.35. The number of hydrogen-bond acceptors (Lipinski definition) is 3. The van der Waals surface area contributed by atoms with Gasteiger partial charge in [0.25, 0.3) is 0 Å². The Labute approximate surface area is 186 Å². The maximum Gasteiger partial charge on any atom is 0.411 e. The fourth-order valence-corrected chi connectivity index (χ4v) is 4.26. The van der Waals surface area contributed by atoms with Crippen molar-refractivity contribution < 1.29 is 23.0 Å². The summed E-state index contributed by atoms with van der Waals surface area (Å²) < 4.78 is 35.8. The van der Waals surface area contributed by atoms with Gasteiger partial charge in [0, 0.05) is 27.6 Å². The zero-order chi connectivity index (χ0) is 22.0. The molecule has 1 aliphatic heterocycles. The summed E-state index contributed by atoms with van der Waals surface area (Å²) in [7, 11) is 0. The Morgan fingerprint density at radius 3 is 2.77 bits per heavy atom. The third-order valence-electron chi connectivity index (χ3n) is 5.19. The average molecular weight is 489 g/mol. The molecule has 5 nitrogen and oxygen atoms in total. The van der Waals surface area contributed by atoms with Crippen LogP contribution in [0.15, 0.2) is 46.9 Å². The van der Waals surface area contributed by atoms with Crippen LogP contribution < -0.4 is 4.74 Å². The van der Waals surface area contributed by atoms with Gasteiger partial charge in [-0.25, -0.2) is 4.79 Å². The summed E-state index contributed by atoms with van der Waals surface area (Å²) in [5.74, 6) is 5.48. The van der Waals surface area contributed by atoms with E-state index in [1.165, 1.54) is 12.1 Å². The second-order valence-corrected chi connectivity index (χ2v) is 7.90. The number of nitrogens with zero attached hydrogens (tertiary/aromatic N) is 1. The number of aromatic nitrogens is 1. The van der Waals surface area contributed by atoms with Gasteiger partial charge in [-0.3, -0.25) is 4.90 Å². The highest BCUT2D eigenvalue weighted by Crippen LogP contribution is 2.39. The number of nitrogens with one attached hydrogen (secondary N) is 1. The first-order valence-electron chi connectivity index (χ1n) is 9.65. The summed E-state index contributed by atoms with van der Waals surface area (Å²) >= 11 is 3.49. The molecule has 0 spiro atoms. The molecule has 0 bridgehead atoms. The number of halogens is 3. The molecule has 0 saturated heterocycles. The normalized spacial score (nSPS) is 15.4. The molecule has 3 aromatic rings. The molecule has 1 atom stereocenters. The van der Waals surface area contributed by atoms with Crippen molar-refractivity contribution in [1.82, 2.24) is 9.88 Å². The van der Waals surface area contributed by atoms with Crippen LogP contribution in [0.25, 0.3) is 10.9 Å². The van der Waals surface area contributed by atoms with Gasteiger partial charge in [-0.05, 0) is 48.7 Å². The number of hydrogen-bond donors (Lipinski definition) is 1. The van der Waals surface area contributed by atoms with Gasteiger partial charge in [-0.1, -0.05) is 40.0 Å². The van der Waals surface area contributed by atoms with Crippen LogP contribution in [0.1, 0.15) is 29.8 Å². The molecule has 2 heterocycles. The van der Waals surface area contributed by atoms with Gasteiger partial charge in [0.1, 0.15) is 11.8 Å². The molecule has 1 unspecified atom stereocenters. The maximum absolute atomic E-state index is 12.8. The van der Waals surface area contributed by atoms with Gasteiger partial charge in [-0.15, -0.1) is 5.92 Å². The van der Waals surface area contributed by atoms with Crippen LogP contribution in [0.5, 0.6) is 5.75 Å². The van der Waals surface area contributed by atoms with Crippen LogP contribution in [0.4, 0.5) is 13.6 Å². The van der Waals surface area contributed by atoms with Gasteiger partial charge < -0.3 is 14.5 Å². The number of amides is 1. The quantitative estimate of drug-likeness (QED) is 0.483. The van der Waals surface area contributed by atoms with Gasteiger partial charge in [-0.2, -0.15) is 8.78 Å². The molecular weight excluding hydrogens is 470 g/mol. The van der Waals surface area contributed by atoms with Crippen LogP contribution in [-0.4, -0.2) is 35.7 Å². The van der Waals surface area contributed by atoms with E-state index >= 15 is 0 Å². The van der Waals surface area contributed by atoms with E-state index in [0.29, 0.717) is 13.0 Å². The molecule has 2 aromatic carbocycles. The smallest absolute Gasteiger partial charge is 0.411 e. The molecular formula is C23H19BrF2N2O3. The predicted molar refractivity (Wildman–Crippen MR) is 116 cm³/mol. The van der Waals surface area contributed by atoms with Crippen molar-refractivity contribution in [2.45, 2.75) is 26.0 Å². The number of alkyl halides is 2. The third kappa shape index (κ3) is 4.37. The largest absolute Gasteiger partial charge is 0.436 e.